The molecular weight excluding hydrogens is 250 g/mol. The Kier molecular flexibility index (Phi) is 4.71. The van der Waals surface area contributed by atoms with Crippen molar-refractivity contribution in [3.05, 3.63) is 29.3 Å². The summed E-state index contributed by atoms with van der Waals surface area (Å²) in [5.74, 6) is 1.92. The molecule has 2 N–H and O–H groups in total. The molecule has 1 atom stereocenters. The number of aliphatic hydroxyl groups is 1. The average Bonchev–Trinajstić information content (AvgIpc) is 3.25. The molecule has 1 aromatic carbocycles. The Morgan fingerprint density at radius 1 is 1.40 bits per heavy atom. The van der Waals surface area contributed by atoms with Crippen molar-refractivity contribution >= 4 is 0 Å². The average molecular weight is 277 g/mol. The van der Waals surface area contributed by atoms with Gasteiger partial charge in [0, 0.05) is 0 Å². The standard InChI is InChI=1S/C17H27NO2/c1-12(2)15-8-5-13(3)9-16(15)20-11-17(10-19,18-4)14-6-7-14/h5,8-9,12,14,18-19H,6-7,10-11H2,1-4H3. The predicted octanol–water partition coefficient (Wildman–Crippen LogP) is 2.86. The summed E-state index contributed by atoms with van der Waals surface area (Å²) >= 11 is 0. The zero-order chi connectivity index (χ0) is 14.8. The van der Waals surface area contributed by atoms with Gasteiger partial charge in [0.25, 0.3) is 0 Å². The zero-order valence-corrected chi connectivity index (χ0v) is 13.1. The Labute approximate surface area is 122 Å². The Balaban J connectivity index is 2.15. The van der Waals surface area contributed by atoms with Crippen LogP contribution in [0.3, 0.4) is 0 Å². The van der Waals surface area contributed by atoms with Crippen LogP contribution in [0.25, 0.3) is 0 Å². The van der Waals surface area contributed by atoms with E-state index in [1.165, 1.54) is 24.0 Å². The lowest BCUT2D eigenvalue weighted by Crippen LogP contribution is -2.53. The maximum atomic E-state index is 9.76. The van der Waals surface area contributed by atoms with E-state index < -0.39 is 0 Å². The van der Waals surface area contributed by atoms with Crippen molar-refractivity contribution in [2.24, 2.45) is 5.92 Å². The van der Waals surface area contributed by atoms with Gasteiger partial charge in [-0.25, -0.2) is 0 Å². The topological polar surface area (TPSA) is 41.5 Å². The van der Waals surface area contributed by atoms with Gasteiger partial charge >= 0.3 is 0 Å². The van der Waals surface area contributed by atoms with Crippen molar-refractivity contribution in [3.63, 3.8) is 0 Å². The maximum absolute atomic E-state index is 9.76. The Morgan fingerprint density at radius 3 is 2.60 bits per heavy atom. The molecule has 1 aromatic rings. The summed E-state index contributed by atoms with van der Waals surface area (Å²) in [6, 6.07) is 6.37. The van der Waals surface area contributed by atoms with Crippen LogP contribution in [0.1, 0.15) is 43.7 Å². The first-order chi connectivity index (χ1) is 9.52. The van der Waals surface area contributed by atoms with Crippen molar-refractivity contribution in [3.8, 4) is 5.75 Å². The van der Waals surface area contributed by atoms with Gasteiger partial charge in [0.2, 0.25) is 0 Å². The molecule has 0 aromatic heterocycles. The minimum absolute atomic E-state index is 0.122. The van der Waals surface area contributed by atoms with Crippen molar-refractivity contribution in [1.29, 1.82) is 0 Å². The zero-order valence-electron chi connectivity index (χ0n) is 13.1. The Bertz CT molecular complexity index is 448. The number of hydrogen-bond donors (Lipinski definition) is 2. The predicted molar refractivity (Wildman–Crippen MR) is 82.4 cm³/mol. The van der Waals surface area contributed by atoms with Crippen LogP contribution < -0.4 is 10.1 Å². The van der Waals surface area contributed by atoms with E-state index in [2.05, 4.69) is 44.3 Å². The number of ether oxygens (including phenoxy) is 1. The van der Waals surface area contributed by atoms with Gasteiger partial charge in [-0.05, 0) is 55.8 Å². The molecule has 2 rings (SSSR count). The van der Waals surface area contributed by atoms with Crippen molar-refractivity contribution in [1.82, 2.24) is 5.32 Å². The molecule has 1 aliphatic carbocycles. The highest BCUT2D eigenvalue weighted by molar-refractivity contribution is 5.39. The van der Waals surface area contributed by atoms with Crippen LogP contribution in [0.4, 0.5) is 0 Å². The van der Waals surface area contributed by atoms with E-state index in [9.17, 15) is 5.11 Å². The molecule has 112 valence electrons. The van der Waals surface area contributed by atoms with Gasteiger partial charge in [-0.1, -0.05) is 26.0 Å². The summed E-state index contributed by atoms with van der Waals surface area (Å²) in [4.78, 5) is 0. The SMILES string of the molecule is CNC(CO)(COc1cc(C)ccc1C(C)C)C1CC1. The van der Waals surface area contributed by atoms with Gasteiger partial charge in [0.1, 0.15) is 12.4 Å². The number of hydrogen-bond acceptors (Lipinski definition) is 3. The summed E-state index contributed by atoms with van der Waals surface area (Å²) in [5.41, 5.74) is 2.14. The van der Waals surface area contributed by atoms with E-state index in [1.807, 2.05) is 7.05 Å². The molecule has 1 fully saturated rings. The minimum Gasteiger partial charge on any atom is -0.491 e. The van der Waals surface area contributed by atoms with E-state index >= 15 is 0 Å². The molecular formula is C17H27NO2. The third-order valence-electron chi connectivity index (χ3n) is 4.42. The van der Waals surface area contributed by atoms with Crippen LogP contribution in [0.2, 0.25) is 0 Å². The molecule has 0 aliphatic heterocycles. The van der Waals surface area contributed by atoms with Gasteiger partial charge in [-0.3, -0.25) is 0 Å². The van der Waals surface area contributed by atoms with Gasteiger partial charge < -0.3 is 15.2 Å². The first-order valence-corrected chi connectivity index (χ1v) is 7.55. The number of likely N-dealkylation sites (N-methyl/N-ethyl adjacent to an activating group) is 1. The Morgan fingerprint density at radius 2 is 2.10 bits per heavy atom. The van der Waals surface area contributed by atoms with Crippen molar-refractivity contribution in [2.45, 2.75) is 45.1 Å². The monoisotopic (exact) mass is 277 g/mol. The first-order valence-electron chi connectivity index (χ1n) is 7.55. The quantitative estimate of drug-likeness (QED) is 0.805. The molecule has 20 heavy (non-hydrogen) atoms. The number of nitrogens with one attached hydrogen (secondary N) is 1. The number of benzene rings is 1. The fraction of sp³-hybridized carbons (Fsp3) is 0.647. The maximum Gasteiger partial charge on any atom is 0.123 e. The summed E-state index contributed by atoms with van der Waals surface area (Å²) in [7, 11) is 1.91. The van der Waals surface area contributed by atoms with Gasteiger partial charge in [0.05, 0.1) is 12.1 Å². The fourth-order valence-corrected chi connectivity index (χ4v) is 2.73. The molecule has 0 spiro atoms. The van der Waals surface area contributed by atoms with E-state index in [0.29, 0.717) is 18.4 Å². The number of aryl methyl sites for hydroxylation is 1. The highest BCUT2D eigenvalue weighted by Gasteiger charge is 2.44. The van der Waals surface area contributed by atoms with Crippen LogP contribution in [-0.2, 0) is 0 Å². The fourth-order valence-electron chi connectivity index (χ4n) is 2.73. The van der Waals surface area contributed by atoms with Crippen LogP contribution in [0.5, 0.6) is 5.75 Å². The highest BCUT2D eigenvalue weighted by atomic mass is 16.5. The smallest absolute Gasteiger partial charge is 0.123 e. The lowest BCUT2D eigenvalue weighted by Gasteiger charge is -2.32. The Hall–Kier alpha value is -1.06. The van der Waals surface area contributed by atoms with E-state index in [-0.39, 0.29) is 12.1 Å². The molecule has 1 unspecified atom stereocenters. The van der Waals surface area contributed by atoms with Gasteiger partial charge in [-0.15, -0.1) is 0 Å². The van der Waals surface area contributed by atoms with Crippen molar-refractivity contribution in [2.75, 3.05) is 20.3 Å². The van der Waals surface area contributed by atoms with E-state index in [1.54, 1.807) is 0 Å². The van der Waals surface area contributed by atoms with E-state index in [0.717, 1.165) is 5.75 Å². The molecule has 0 heterocycles. The first kappa shape index (κ1) is 15.3. The van der Waals surface area contributed by atoms with Gasteiger partial charge in [0.15, 0.2) is 0 Å². The van der Waals surface area contributed by atoms with Crippen molar-refractivity contribution < 1.29 is 9.84 Å². The molecule has 1 saturated carbocycles. The number of rotatable bonds is 7. The van der Waals surface area contributed by atoms with Crippen LogP contribution in [0, 0.1) is 12.8 Å². The van der Waals surface area contributed by atoms with Gasteiger partial charge in [-0.2, -0.15) is 0 Å². The lowest BCUT2D eigenvalue weighted by atomic mass is 9.95. The third-order valence-corrected chi connectivity index (χ3v) is 4.42. The lowest BCUT2D eigenvalue weighted by molar-refractivity contribution is 0.0909. The van der Waals surface area contributed by atoms with Crippen LogP contribution in [0.15, 0.2) is 18.2 Å². The molecule has 0 radical (unpaired) electrons. The summed E-state index contributed by atoms with van der Waals surface area (Å²) in [6.07, 6.45) is 2.35. The molecule has 0 saturated heterocycles. The highest BCUT2D eigenvalue weighted by Crippen LogP contribution is 2.40. The molecule has 3 nitrogen and oxygen atoms in total. The molecule has 0 bridgehead atoms. The molecule has 1 aliphatic rings. The second-order valence-electron chi connectivity index (χ2n) is 6.32. The summed E-state index contributed by atoms with van der Waals surface area (Å²) < 4.78 is 6.11. The summed E-state index contributed by atoms with van der Waals surface area (Å²) in [6.45, 7) is 7.08. The second kappa shape index (κ2) is 6.15. The normalized spacial score (nSPS) is 18.1. The number of aliphatic hydroxyl groups excluding tert-OH is 1. The largest absolute Gasteiger partial charge is 0.491 e. The van der Waals surface area contributed by atoms with Crippen LogP contribution >= 0.6 is 0 Å². The minimum atomic E-state index is -0.294. The molecule has 3 heteroatoms. The second-order valence-corrected chi connectivity index (χ2v) is 6.32. The third kappa shape index (κ3) is 3.15. The summed E-state index contributed by atoms with van der Waals surface area (Å²) in [5, 5.41) is 13.0. The van der Waals surface area contributed by atoms with E-state index in [4.69, 9.17) is 4.74 Å². The van der Waals surface area contributed by atoms with Crippen LogP contribution in [-0.4, -0.2) is 30.9 Å². The molecule has 0 amide bonds.